The van der Waals surface area contributed by atoms with Crippen LogP contribution in [0.4, 0.5) is 0 Å². The average Bonchev–Trinajstić information content (AvgIpc) is 2.86. The normalized spacial score (nSPS) is 18.7. The van der Waals surface area contributed by atoms with Gasteiger partial charge in [0, 0.05) is 6.04 Å². The van der Waals surface area contributed by atoms with Crippen molar-refractivity contribution >= 4 is 0 Å². The summed E-state index contributed by atoms with van der Waals surface area (Å²) in [7, 11) is 0. The predicted molar refractivity (Wildman–Crippen MR) is 77.4 cm³/mol. The zero-order chi connectivity index (χ0) is 12.3. The first-order chi connectivity index (χ1) is 8.38. The van der Waals surface area contributed by atoms with Gasteiger partial charge in [0.1, 0.15) is 0 Å². The van der Waals surface area contributed by atoms with Gasteiger partial charge in [-0.3, -0.25) is 0 Å². The quantitative estimate of drug-likeness (QED) is 0.534. The van der Waals surface area contributed by atoms with Gasteiger partial charge in [-0.05, 0) is 38.1 Å². The molecular formula is C16H33N. The highest BCUT2D eigenvalue weighted by Crippen LogP contribution is 2.28. The van der Waals surface area contributed by atoms with Crippen LogP contribution in [0, 0.1) is 5.92 Å². The van der Waals surface area contributed by atoms with Gasteiger partial charge in [-0.1, -0.05) is 58.8 Å². The van der Waals surface area contributed by atoms with E-state index in [0.717, 1.165) is 12.0 Å². The molecular weight excluding hydrogens is 206 g/mol. The van der Waals surface area contributed by atoms with Crippen LogP contribution in [-0.4, -0.2) is 12.6 Å². The van der Waals surface area contributed by atoms with Crippen molar-refractivity contribution in [3.05, 3.63) is 0 Å². The highest BCUT2D eigenvalue weighted by atomic mass is 14.9. The van der Waals surface area contributed by atoms with E-state index in [2.05, 4.69) is 19.2 Å². The van der Waals surface area contributed by atoms with Gasteiger partial charge >= 0.3 is 0 Å². The SMILES string of the molecule is CCCCCCCCNC(CC)C1CCCC1. The fourth-order valence-electron chi connectivity index (χ4n) is 3.20. The molecule has 1 atom stereocenters. The second-order valence-corrected chi connectivity index (χ2v) is 5.78. The summed E-state index contributed by atoms with van der Waals surface area (Å²) < 4.78 is 0. The predicted octanol–water partition coefficient (Wildman–Crippen LogP) is 4.91. The van der Waals surface area contributed by atoms with E-state index in [-0.39, 0.29) is 0 Å². The van der Waals surface area contributed by atoms with Gasteiger partial charge < -0.3 is 5.32 Å². The van der Waals surface area contributed by atoms with Gasteiger partial charge in [-0.25, -0.2) is 0 Å². The van der Waals surface area contributed by atoms with E-state index in [0.29, 0.717) is 0 Å². The third-order valence-electron chi connectivity index (χ3n) is 4.35. The fourth-order valence-corrected chi connectivity index (χ4v) is 3.20. The molecule has 0 spiro atoms. The maximum Gasteiger partial charge on any atom is 0.00926 e. The smallest absolute Gasteiger partial charge is 0.00926 e. The molecule has 1 aliphatic carbocycles. The number of hydrogen-bond donors (Lipinski definition) is 1. The molecule has 0 amide bonds. The Morgan fingerprint density at radius 2 is 1.59 bits per heavy atom. The first-order valence-corrected chi connectivity index (χ1v) is 8.11. The molecule has 0 aromatic heterocycles. The lowest BCUT2D eigenvalue weighted by atomic mass is 9.96. The molecule has 102 valence electrons. The Balaban J connectivity index is 1.96. The van der Waals surface area contributed by atoms with E-state index in [1.807, 2.05) is 0 Å². The van der Waals surface area contributed by atoms with E-state index in [1.54, 1.807) is 0 Å². The molecule has 17 heavy (non-hydrogen) atoms. The molecule has 0 aliphatic heterocycles. The van der Waals surface area contributed by atoms with Crippen molar-refractivity contribution in [2.45, 2.75) is 90.5 Å². The number of nitrogens with one attached hydrogen (secondary N) is 1. The Bertz CT molecular complexity index is 161. The average molecular weight is 239 g/mol. The van der Waals surface area contributed by atoms with Gasteiger partial charge in [0.2, 0.25) is 0 Å². The van der Waals surface area contributed by atoms with Crippen LogP contribution in [0.25, 0.3) is 0 Å². The first-order valence-electron chi connectivity index (χ1n) is 8.11. The minimum absolute atomic E-state index is 0.813. The summed E-state index contributed by atoms with van der Waals surface area (Å²) in [5.74, 6) is 0.986. The third-order valence-corrected chi connectivity index (χ3v) is 4.35. The van der Waals surface area contributed by atoms with Crippen molar-refractivity contribution in [3.8, 4) is 0 Å². The molecule has 1 aliphatic rings. The lowest BCUT2D eigenvalue weighted by Gasteiger charge is -2.23. The Morgan fingerprint density at radius 3 is 2.24 bits per heavy atom. The molecule has 1 heteroatoms. The van der Waals surface area contributed by atoms with E-state index < -0.39 is 0 Å². The van der Waals surface area contributed by atoms with Crippen LogP contribution in [0.1, 0.15) is 84.5 Å². The lowest BCUT2D eigenvalue weighted by molar-refractivity contribution is 0.346. The largest absolute Gasteiger partial charge is 0.314 e. The maximum absolute atomic E-state index is 3.80. The summed E-state index contributed by atoms with van der Waals surface area (Å²) in [5.41, 5.74) is 0. The Morgan fingerprint density at radius 1 is 0.941 bits per heavy atom. The summed E-state index contributed by atoms with van der Waals surface area (Å²) in [6.07, 6.45) is 15.7. The van der Waals surface area contributed by atoms with Crippen molar-refractivity contribution in [1.82, 2.24) is 5.32 Å². The van der Waals surface area contributed by atoms with E-state index in [9.17, 15) is 0 Å². The topological polar surface area (TPSA) is 12.0 Å². The molecule has 0 bridgehead atoms. The van der Waals surface area contributed by atoms with Crippen LogP contribution in [-0.2, 0) is 0 Å². The Kier molecular flexibility index (Phi) is 8.78. The minimum atomic E-state index is 0.813. The standard InChI is InChI=1S/C16H33N/c1-3-5-6-7-8-11-14-17-16(4-2)15-12-9-10-13-15/h15-17H,3-14H2,1-2H3. The summed E-state index contributed by atoms with van der Waals surface area (Å²) in [4.78, 5) is 0. The third kappa shape index (κ3) is 6.45. The van der Waals surface area contributed by atoms with Crippen molar-refractivity contribution in [2.24, 2.45) is 5.92 Å². The second-order valence-electron chi connectivity index (χ2n) is 5.78. The van der Waals surface area contributed by atoms with E-state index >= 15 is 0 Å². The highest BCUT2D eigenvalue weighted by molar-refractivity contribution is 4.79. The van der Waals surface area contributed by atoms with E-state index in [1.165, 1.54) is 77.2 Å². The molecule has 1 unspecified atom stereocenters. The van der Waals surface area contributed by atoms with Crippen LogP contribution in [0.2, 0.25) is 0 Å². The highest BCUT2D eigenvalue weighted by Gasteiger charge is 2.22. The van der Waals surface area contributed by atoms with Crippen molar-refractivity contribution in [3.63, 3.8) is 0 Å². The van der Waals surface area contributed by atoms with Crippen LogP contribution >= 0.6 is 0 Å². The summed E-state index contributed by atoms with van der Waals surface area (Å²) in [6, 6.07) is 0.813. The molecule has 0 aromatic rings. The molecule has 0 heterocycles. The number of hydrogen-bond acceptors (Lipinski definition) is 1. The van der Waals surface area contributed by atoms with Gasteiger partial charge in [0.15, 0.2) is 0 Å². The number of rotatable bonds is 10. The van der Waals surface area contributed by atoms with Gasteiger partial charge in [0.05, 0.1) is 0 Å². The van der Waals surface area contributed by atoms with Gasteiger partial charge in [0.25, 0.3) is 0 Å². The van der Waals surface area contributed by atoms with Crippen LogP contribution in [0.5, 0.6) is 0 Å². The van der Waals surface area contributed by atoms with E-state index in [4.69, 9.17) is 0 Å². The zero-order valence-electron chi connectivity index (χ0n) is 12.1. The van der Waals surface area contributed by atoms with Crippen molar-refractivity contribution in [2.75, 3.05) is 6.54 Å². The zero-order valence-corrected chi connectivity index (χ0v) is 12.1. The molecule has 0 saturated heterocycles. The molecule has 1 N–H and O–H groups in total. The first kappa shape index (κ1) is 15.0. The molecule has 1 saturated carbocycles. The summed E-state index contributed by atoms with van der Waals surface area (Å²) in [5, 5.41) is 3.80. The van der Waals surface area contributed by atoms with Crippen molar-refractivity contribution < 1.29 is 0 Å². The molecule has 1 nitrogen and oxygen atoms in total. The fraction of sp³-hybridized carbons (Fsp3) is 1.00. The van der Waals surface area contributed by atoms with Crippen LogP contribution in [0.3, 0.4) is 0 Å². The van der Waals surface area contributed by atoms with Gasteiger partial charge in [-0.15, -0.1) is 0 Å². The lowest BCUT2D eigenvalue weighted by Crippen LogP contribution is -2.35. The molecule has 1 fully saturated rings. The maximum atomic E-state index is 3.80. The molecule has 0 aromatic carbocycles. The Hall–Kier alpha value is -0.0400. The Labute approximate surface area is 109 Å². The molecule has 1 rings (SSSR count). The van der Waals surface area contributed by atoms with Crippen molar-refractivity contribution in [1.29, 1.82) is 0 Å². The monoisotopic (exact) mass is 239 g/mol. The minimum Gasteiger partial charge on any atom is -0.314 e. The number of unbranched alkanes of at least 4 members (excludes halogenated alkanes) is 5. The molecule has 0 radical (unpaired) electrons. The van der Waals surface area contributed by atoms with Crippen LogP contribution < -0.4 is 5.32 Å². The van der Waals surface area contributed by atoms with Crippen LogP contribution in [0.15, 0.2) is 0 Å². The summed E-state index contributed by atoms with van der Waals surface area (Å²) in [6.45, 7) is 5.88. The van der Waals surface area contributed by atoms with Gasteiger partial charge in [-0.2, -0.15) is 0 Å². The second kappa shape index (κ2) is 9.94. The summed E-state index contributed by atoms with van der Waals surface area (Å²) >= 11 is 0.